The minimum absolute atomic E-state index is 0. The maximum atomic E-state index is 13.6. The van der Waals surface area contributed by atoms with Crippen LogP contribution in [0.5, 0.6) is 0 Å². The smallest absolute Gasteiger partial charge is 0.407 e. The molecule has 7 rings (SSSR count). The number of hydrogen-bond donors (Lipinski definition) is 4. The number of aromatic amines is 2. The highest BCUT2D eigenvalue weighted by molar-refractivity contribution is 7.59. The second-order valence-electron chi connectivity index (χ2n) is 15.1. The van der Waals surface area contributed by atoms with Gasteiger partial charge in [-0.2, -0.15) is 54.0 Å². The van der Waals surface area contributed by atoms with E-state index in [1.165, 1.54) is 14.2 Å². The van der Waals surface area contributed by atoms with Crippen molar-refractivity contribution in [1.82, 2.24) is 50.6 Å². The van der Waals surface area contributed by atoms with Crippen LogP contribution in [0.2, 0.25) is 0 Å². The molecular weight excluding hydrogens is 845 g/mol. The summed E-state index contributed by atoms with van der Waals surface area (Å²) < 4.78 is 9.52. The van der Waals surface area contributed by atoms with Crippen molar-refractivity contribution in [3.8, 4) is 22.5 Å². The number of imidazole rings is 2. The monoisotopic (exact) mass is 900 g/mol. The number of aromatic nitrogens is 6. The fourth-order valence-corrected chi connectivity index (χ4v) is 7.72. The molecule has 3 aromatic heterocycles. The van der Waals surface area contributed by atoms with Crippen LogP contribution in [0.4, 0.5) is 9.59 Å². The van der Waals surface area contributed by atoms with Gasteiger partial charge in [0.25, 0.3) is 0 Å². The summed E-state index contributed by atoms with van der Waals surface area (Å²) in [5.74, 6) is 0.841. The highest BCUT2D eigenvalue weighted by atomic mass is 32.1. The van der Waals surface area contributed by atoms with Crippen LogP contribution in [0.1, 0.15) is 77.1 Å². The molecule has 326 valence electrons. The number of ether oxygens (including phenoxy) is 2. The summed E-state index contributed by atoms with van der Waals surface area (Å²) in [5, 5.41) is 14.5. The maximum Gasteiger partial charge on any atom is 0.407 e. The summed E-state index contributed by atoms with van der Waals surface area (Å²) in [6.07, 6.45) is 1.90. The molecule has 2 aliphatic rings. The second kappa shape index (κ2) is 21.2. The Balaban J connectivity index is 0.00000240. The van der Waals surface area contributed by atoms with E-state index >= 15 is 0 Å². The Morgan fingerprint density at radius 1 is 0.633 bits per heavy atom. The molecule has 2 saturated heterocycles. The van der Waals surface area contributed by atoms with Gasteiger partial charge in [0.1, 0.15) is 23.7 Å². The standard InChI is InChI=1S/C40H48N10O6.4H2S/c1-21(2)33(45-39(53)55-5)37(51)49-17-7-9-31(49)35-41-27-13-11-23(19-29(27)43-35)25-15-16-26(48-47-25)24-12-14-28-30(20-24)44-36(42-28)32-10-8-18-50(32)38(52)34(22(3)4)46-40(54)56-6;;;;/h11-16,19-22,31-34H,7-10,17-18H2,1-6H3,(H,41,43)(H,42,44)(H,45,53)(H,46,54);4*1H2/t31-,32-,33-,34-;;;;/m0..../s1. The van der Waals surface area contributed by atoms with E-state index in [0.717, 1.165) is 58.9 Å². The van der Waals surface area contributed by atoms with E-state index in [1.54, 1.807) is 9.80 Å². The van der Waals surface area contributed by atoms with Gasteiger partial charge in [0.05, 0.1) is 59.8 Å². The summed E-state index contributed by atoms with van der Waals surface area (Å²) >= 11 is 0. The Hall–Kier alpha value is -4.66. The number of H-pyrrole nitrogens is 2. The lowest BCUT2D eigenvalue weighted by molar-refractivity contribution is -0.136. The van der Waals surface area contributed by atoms with Gasteiger partial charge in [-0.3, -0.25) is 9.59 Å². The molecule has 4 amide bonds. The van der Waals surface area contributed by atoms with E-state index in [4.69, 9.17) is 19.4 Å². The maximum absolute atomic E-state index is 13.6. The first-order valence-corrected chi connectivity index (χ1v) is 19.1. The molecule has 0 bridgehead atoms. The van der Waals surface area contributed by atoms with Crippen molar-refractivity contribution >= 4 is 100 Å². The molecule has 5 heterocycles. The molecule has 0 unspecified atom stereocenters. The zero-order chi connectivity index (χ0) is 39.7. The lowest BCUT2D eigenvalue weighted by Gasteiger charge is -2.29. The van der Waals surface area contributed by atoms with Crippen LogP contribution in [0.25, 0.3) is 44.6 Å². The van der Waals surface area contributed by atoms with Gasteiger partial charge in [-0.05, 0) is 73.9 Å². The van der Waals surface area contributed by atoms with Crippen LogP contribution >= 0.6 is 54.0 Å². The minimum Gasteiger partial charge on any atom is -0.453 e. The van der Waals surface area contributed by atoms with E-state index < -0.39 is 24.3 Å². The zero-order valence-electron chi connectivity index (χ0n) is 34.5. The zero-order valence-corrected chi connectivity index (χ0v) is 38.5. The Kier molecular flexibility index (Phi) is 17.6. The summed E-state index contributed by atoms with van der Waals surface area (Å²) in [4.78, 5) is 71.3. The van der Waals surface area contributed by atoms with Crippen molar-refractivity contribution in [3.63, 3.8) is 0 Å². The van der Waals surface area contributed by atoms with Crippen molar-refractivity contribution in [2.45, 2.75) is 77.5 Å². The minimum atomic E-state index is -0.707. The molecule has 0 radical (unpaired) electrons. The number of methoxy groups -OCH3 is 2. The average molecular weight is 901 g/mol. The Labute approximate surface area is 376 Å². The van der Waals surface area contributed by atoms with E-state index in [1.807, 2.05) is 76.2 Å². The van der Waals surface area contributed by atoms with E-state index in [0.29, 0.717) is 36.1 Å². The van der Waals surface area contributed by atoms with Crippen molar-refractivity contribution in [2.24, 2.45) is 11.8 Å². The molecule has 4 N–H and O–H groups in total. The highest BCUT2D eigenvalue weighted by Gasteiger charge is 2.39. The van der Waals surface area contributed by atoms with Gasteiger partial charge in [-0.25, -0.2) is 19.6 Å². The molecule has 0 saturated carbocycles. The van der Waals surface area contributed by atoms with E-state index in [2.05, 4.69) is 30.8 Å². The van der Waals surface area contributed by atoms with Gasteiger partial charge in [0, 0.05) is 24.2 Å². The third-order valence-electron chi connectivity index (χ3n) is 10.7. The number of nitrogens with zero attached hydrogens (tertiary/aromatic N) is 6. The number of carbonyl (C=O) groups is 4. The molecule has 2 aliphatic heterocycles. The van der Waals surface area contributed by atoms with Gasteiger partial charge in [-0.15, -0.1) is 10.2 Å². The SMILES string of the molecule is COC(=O)N[C@H](C(=O)N1CCC[C@H]1c1nc2ccc(-c3ccc(-c4ccc5nc([C@@H]6CCCN6C(=O)[C@@H](NC(=O)OC)C(C)C)[nH]c5c4)nn3)cc2[nH]1)C(C)C.S.S.S.S. The Bertz CT molecular complexity index is 2110. The number of benzene rings is 2. The molecule has 20 heteroatoms. The highest BCUT2D eigenvalue weighted by Crippen LogP contribution is 2.35. The summed E-state index contributed by atoms with van der Waals surface area (Å²) in [6.45, 7) is 8.72. The van der Waals surface area contributed by atoms with Crippen molar-refractivity contribution in [1.29, 1.82) is 0 Å². The van der Waals surface area contributed by atoms with Crippen molar-refractivity contribution < 1.29 is 28.7 Å². The summed E-state index contributed by atoms with van der Waals surface area (Å²) in [5.41, 5.74) is 6.28. The van der Waals surface area contributed by atoms with Gasteiger partial charge < -0.3 is 39.9 Å². The second-order valence-corrected chi connectivity index (χ2v) is 15.1. The van der Waals surface area contributed by atoms with E-state index in [-0.39, 0.29) is 89.7 Å². The average Bonchev–Trinajstić information content (AvgIpc) is 4.03. The lowest BCUT2D eigenvalue weighted by Crippen LogP contribution is -2.51. The fraction of sp³-hybridized carbons (Fsp3) is 0.450. The number of carbonyl (C=O) groups excluding carboxylic acids is 4. The molecule has 0 aliphatic carbocycles. The number of rotatable bonds is 10. The Morgan fingerprint density at radius 2 is 1.02 bits per heavy atom. The molecule has 60 heavy (non-hydrogen) atoms. The normalized spacial score (nSPS) is 16.9. The molecule has 2 aromatic carbocycles. The largest absolute Gasteiger partial charge is 0.453 e. The molecular formula is C40H56N10O6S4. The number of nitrogens with one attached hydrogen (secondary N) is 4. The van der Waals surface area contributed by atoms with Crippen LogP contribution in [-0.2, 0) is 19.1 Å². The molecule has 2 fully saturated rings. The predicted molar refractivity (Wildman–Crippen MR) is 249 cm³/mol. The topological polar surface area (TPSA) is 200 Å². The third-order valence-corrected chi connectivity index (χ3v) is 10.7. The number of likely N-dealkylation sites (tertiary alicyclic amines) is 2. The number of fused-ring (bicyclic) bond motifs is 2. The first kappa shape index (κ1) is 49.7. The quantitative estimate of drug-likeness (QED) is 0.127. The number of amides is 4. The number of alkyl carbamates (subject to hydrolysis) is 2. The van der Waals surface area contributed by atoms with Crippen LogP contribution in [0.15, 0.2) is 48.5 Å². The summed E-state index contributed by atoms with van der Waals surface area (Å²) in [6, 6.07) is 13.7. The molecule has 0 spiro atoms. The molecule has 4 atom stereocenters. The van der Waals surface area contributed by atoms with Crippen LogP contribution in [0, 0.1) is 11.8 Å². The third kappa shape index (κ3) is 10.3. The first-order valence-electron chi connectivity index (χ1n) is 19.1. The van der Waals surface area contributed by atoms with Crippen LogP contribution in [-0.4, -0.2) is 103 Å². The Morgan fingerprint density at radius 3 is 1.35 bits per heavy atom. The van der Waals surface area contributed by atoms with E-state index in [9.17, 15) is 19.2 Å². The van der Waals surface area contributed by atoms with Gasteiger partial charge in [0.15, 0.2) is 0 Å². The fourth-order valence-electron chi connectivity index (χ4n) is 7.72. The number of hydrogen-bond acceptors (Lipinski definition) is 10. The predicted octanol–water partition coefficient (Wildman–Crippen LogP) is 6.10. The van der Waals surface area contributed by atoms with Crippen LogP contribution in [0.3, 0.4) is 0 Å². The summed E-state index contributed by atoms with van der Waals surface area (Å²) in [7, 11) is 2.57. The van der Waals surface area contributed by atoms with Crippen LogP contribution < -0.4 is 10.6 Å². The van der Waals surface area contributed by atoms with Crippen molar-refractivity contribution in [3.05, 3.63) is 60.2 Å². The van der Waals surface area contributed by atoms with Crippen molar-refractivity contribution in [2.75, 3.05) is 27.3 Å². The van der Waals surface area contributed by atoms with Gasteiger partial charge >= 0.3 is 12.2 Å². The first-order chi connectivity index (χ1) is 26.9. The lowest BCUT2D eigenvalue weighted by atomic mass is 10.0. The molecule has 16 nitrogen and oxygen atoms in total. The molecule has 5 aromatic rings. The van der Waals surface area contributed by atoms with Gasteiger partial charge in [-0.1, -0.05) is 39.8 Å². The van der Waals surface area contributed by atoms with Gasteiger partial charge in [0.2, 0.25) is 11.8 Å².